The zero-order chi connectivity index (χ0) is 41.3. The van der Waals surface area contributed by atoms with Gasteiger partial charge >= 0.3 is 0 Å². The summed E-state index contributed by atoms with van der Waals surface area (Å²) in [6.07, 6.45) is 7.30. The van der Waals surface area contributed by atoms with Crippen LogP contribution in [0.4, 0.5) is 5.69 Å². The Labute approximate surface area is 328 Å². The Balaban J connectivity index is 0.00000331. The van der Waals surface area contributed by atoms with Gasteiger partial charge in [-0.25, -0.2) is 0 Å². The summed E-state index contributed by atoms with van der Waals surface area (Å²) in [6.45, 7) is 30.5. The van der Waals surface area contributed by atoms with E-state index >= 15 is 0 Å². The third-order valence-electron chi connectivity index (χ3n) is 12.0. The quantitative estimate of drug-likeness (QED) is 0.0975. The first kappa shape index (κ1) is 44.0. The highest BCUT2D eigenvalue weighted by atomic mass is 16.5. The van der Waals surface area contributed by atoms with Crippen LogP contribution in [0.3, 0.4) is 0 Å². The van der Waals surface area contributed by atoms with Crippen molar-refractivity contribution >= 4 is 28.2 Å². The minimum atomic E-state index is -1.17. The van der Waals surface area contributed by atoms with Gasteiger partial charge in [0.15, 0.2) is 17.0 Å². The molecule has 4 N–H and O–H groups in total. The third-order valence-corrected chi connectivity index (χ3v) is 12.0. The number of ketones is 1. The molecule has 5 rings (SSSR count). The second kappa shape index (κ2) is 17.2. The van der Waals surface area contributed by atoms with Crippen molar-refractivity contribution in [2.45, 2.75) is 134 Å². The molecule has 304 valence electrons. The van der Waals surface area contributed by atoms with E-state index in [0.717, 1.165) is 26.1 Å². The lowest BCUT2D eigenvalue weighted by Crippen LogP contribution is -2.43. The molecule has 2 aromatic rings. The maximum absolute atomic E-state index is 13.8. The SMILES string of the molecule is C/C(=C/C=C/[C@H](C)C[C@@H](C)[C@@H](O)[C@@H](C)[C@H](C)C(C)C)C(=O)Nc1c(O)c2c(O)c(C)c3c(c2c2c1=NC1(CCN(CC(C)C)CC1)N=2)C(=O)C(C)(C)O3.CC. The molecule has 0 radical (unpaired) electrons. The van der Waals surface area contributed by atoms with E-state index in [1.807, 2.05) is 26.0 Å². The van der Waals surface area contributed by atoms with Gasteiger partial charge in [0.1, 0.15) is 22.5 Å². The van der Waals surface area contributed by atoms with Crippen molar-refractivity contribution in [1.29, 1.82) is 0 Å². The summed E-state index contributed by atoms with van der Waals surface area (Å²) in [4.78, 5) is 40.3. The number of hydrogen-bond donors (Lipinski definition) is 4. The summed E-state index contributed by atoms with van der Waals surface area (Å²) in [5.41, 5.74) is -0.957. The molecule has 3 aliphatic rings. The number of benzene rings is 2. The van der Waals surface area contributed by atoms with Crippen molar-refractivity contribution in [1.82, 2.24) is 4.90 Å². The van der Waals surface area contributed by atoms with E-state index < -0.39 is 23.3 Å². The Morgan fingerprint density at radius 3 is 2.13 bits per heavy atom. The maximum atomic E-state index is 13.8. The number of anilines is 1. The molecular formula is C45H68N4O6. The molecule has 1 fully saturated rings. The topological polar surface area (TPSA) is 144 Å². The van der Waals surface area contributed by atoms with Gasteiger partial charge in [0.25, 0.3) is 5.91 Å². The fourth-order valence-corrected chi connectivity index (χ4v) is 8.26. The molecule has 55 heavy (non-hydrogen) atoms. The molecule has 0 saturated carbocycles. The van der Waals surface area contributed by atoms with Crippen molar-refractivity contribution in [2.24, 2.45) is 45.5 Å². The van der Waals surface area contributed by atoms with E-state index in [9.17, 15) is 24.9 Å². The van der Waals surface area contributed by atoms with Crippen LogP contribution >= 0.6 is 0 Å². The zero-order valence-corrected chi connectivity index (χ0v) is 35.9. The lowest BCUT2D eigenvalue weighted by Gasteiger charge is -2.36. The van der Waals surface area contributed by atoms with Gasteiger partial charge in [0.2, 0.25) is 5.78 Å². The molecule has 10 nitrogen and oxygen atoms in total. The second-order valence-electron chi connectivity index (χ2n) is 17.5. The van der Waals surface area contributed by atoms with E-state index in [-0.39, 0.29) is 57.4 Å². The fourth-order valence-electron chi connectivity index (χ4n) is 8.26. The van der Waals surface area contributed by atoms with Gasteiger partial charge in [0, 0.05) is 49.0 Å². The Bertz CT molecular complexity index is 1950. The Kier molecular flexibility index (Phi) is 13.7. The molecule has 3 heterocycles. The number of nitrogens with zero attached hydrogens (tertiary/aromatic N) is 3. The van der Waals surface area contributed by atoms with Gasteiger partial charge in [-0.2, -0.15) is 0 Å². The number of rotatable bonds is 12. The van der Waals surface area contributed by atoms with Crippen molar-refractivity contribution < 1.29 is 29.6 Å². The number of allylic oxidation sites excluding steroid dienone is 3. The van der Waals surface area contributed by atoms with Crippen LogP contribution in [0.1, 0.15) is 125 Å². The Hall–Kier alpha value is -3.76. The molecule has 1 saturated heterocycles. The largest absolute Gasteiger partial charge is 0.507 e. The number of phenolic OH excluding ortho intramolecular Hbond substituents is 2. The van der Waals surface area contributed by atoms with Crippen LogP contribution in [0.25, 0.3) is 10.8 Å². The number of carbonyl (C=O) groups is 2. The molecule has 2 aromatic carbocycles. The predicted octanol–water partition coefficient (Wildman–Crippen LogP) is 8.03. The zero-order valence-electron chi connectivity index (χ0n) is 35.9. The number of likely N-dealkylation sites (tertiary alicyclic amines) is 1. The average Bonchev–Trinajstić information content (AvgIpc) is 3.62. The van der Waals surface area contributed by atoms with Crippen molar-refractivity contribution in [3.05, 3.63) is 45.6 Å². The Morgan fingerprint density at radius 1 is 0.945 bits per heavy atom. The molecule has 0 aliphatic carbocycles. The first-order valence-corrected chi connectivity index (χ1v) is 20.5. The van der Waals surface area contributed by atoms with E-state index in [1.54, 1.807) is 33.8 Å². The highest BCUT2D eigenvalue weighted by Crippen LogP contribution is 2.49. The summed E-state index contributed by atoms with van der Waals surface area (Å²) in [5, 5.41) is 38.4. The molecule has 0 aromatic heterocycles. The van der Waals surface area contributed by atoms with Crippen LogP contribution < -0.4 is 20.8 Å². The number of ether oxygens (including phenoxy) is 1. The van der Waals surface area contributed by atoms with Crippen molar-refractivity contribution in [3.63, 3.8) is 0 Å². The van der Waals surface area contributed by atoms with E-state index in [0.29, 0.717) is 57.8 Å². The van der Waals surface area contributed by atoms with Crippen LogP contribution in [0, 0.1) is 42.4 Å². The third kappa shape index (κ3) is 8.80. The molecule has 0 bridgehead atoms. The lowest BCUT2D eigenvalue weighted by atomic mass is 9.77. The van der Waals surface area contributed by atoms with Gasteiger partial charge in [-0.1, -0.05) is 87.5 Å². The number of hydrogen-bond acceptors (Lipinski definition) is 9. The van der Waals surface area contributed by atoms with Crippen LogP contribution in [0.5, 0.6) is 17.2 Å². The molecular weight excluding hydrogens is 693 g/mol. The number of carbonyl (C=O) groups excluding carboxylic acids is 2. The van der Waals surface area contributed by atoms with Gasteiger partial charge < -0.3 is 30.3 Å². The number of piperidine rings is 1. The minimum Gasteiger partial charge on any atom is -0.507 e. The first-order chi connectivity index (χ1) is 25.7. The highest BCUT2D eigenvalue weighted by Gasteiger charge is 2.45. The lowest BCUT2D eigenvalue weighted by molar-refractivity contribution is -0.112. The number of amides is 1. The van der Waals surface area contributed by atoms with Crippen LogP contribution in [0.15, 0.2) is 33.8 Å². The number of aliphatic hydroxyl groups excluding tert-OH is 1. The number of aliphatic hydroxyl groups is 1. The number of phenols is 2. The molecule has 1 spiro atoms. The van der Waals surface area contributed by atoms with Crippen LogP contribution in [-0.2, 0) is 4.79 Å². The average molecular weight is 761 g/mol. The molecule has 0 unspecified atom stereocenters. The molecule has 1 amide bonds. The van der Waals surface area contributed by atoms with Crippen molar-refractivity contribution in [2.75, 3.05) is 25.0 Å². The summed E-state index contributed by atoms with van der Waals surface area (Å²) in [6, 6.07) is 0. The number of fused-ring (bicyclic) bond motifs is 5. The van der Waals surface area contributed by atoms with E-state index in [2.05, 4.69) is 65.6 Å². The summed E-state index contributed by atoms with van der Waals surface area (Å²) in [7, 11) is 0. The number of aromatic hydroxyl groups is 2. The summed E-state index contributed by atoms with van der Waals surface area (Å²) in [5.74, 6) is 0.867. The fraction of sp³-hybridized carbons (Fsp3) is 0.644. The minimum absolute atomic E-state index is 0.0435. The number of nitrogens with one attached hydrogen (secondary N) is 1. The molecule has 3 aliphatic heterocycles. The van der Waals surface area contributed by atoms with Gasteiger partial charge in [-0.3, -0.25) is 19.6 Å². The standard InChI is InChI=1S/C43H62N4O6.C2H6/c1-22(2)21-47-18-16-43(17-19-47)45-33-30-31(37(49)29(10)39-32(30)40(51)42(11,12)53-39)38(50)35(34(33)46-43)44-41(52)25(6)15-13-14-24(5)20-26(7)36(48)28(9)27(8)23(3)4;1-2/h13-15,22-24,26-28,36,48-50H,16-21H2,1-12H3,(H,44,52);1-2H3/b14-13+,25-15-;/t24-,26+,27+,28-,36+;/m0./s1. The van der Waals surface area contributed by atoms with Crippen LogP contribution in [0.2, 0.25) is 0 Å². The monoisotopic (exact) mass is 761 g/mol. The Morgan fingerprint density at radius 2 is 1.55 bits per heavy atom. The van der Waals surface area contributed by atoms with Crippen molar-refractivity contribution in [3.8, 4) is 17.2 Å². The van der Waals surface area contributed by atoms with Gasteiger partial charge in [-0.05, 0) is 69.6 Å². The first-order valence-electron chi connectivity index (χ1n) is 20.5. The summed E-state index contributed by atoms with van der Waals surface area (Å²) < 4.78 is 6.09. The van der Waals surface area contributed by atoms with Gasteiger partial charge in [0.05, 0.1) is 22.4 Å². The van der Waals surface area contributed by atoms with Crippen LogP contribution in [-0.4, -0.2) is 68.9 Å². The predicted molar refractivity (Wildman–Crippen MR) is 222 cm³/mol. The highest BCUT2D eigenvalue weighted by molar-refractivity contribution is 6.20. The molecule has 5 atom stereocenters. The molecule has 10 heteroatoms. The van der Waals surface area contributed by atoms with E-state index in [1.165, 1.54) is 0 Å². The second-order valence-corrected chi connectivity index (χ2v) is 17.5. The number of Topliss-reactive ketones (excluding diaryl/α,β-unsaturated/α-hetero) is 1. The maximum Gasteiger partial charge on any atom is 0.251 e. The summed E-state index contributed by atoms with van der Waals surface area (Å²) >= 11 is 0. The smallest absolute Gasteiger partial charge is 0.251 e. The van der Waals surface area contributed by atoms with Gasteiger partial charge in [-0.15, -0.1) is 0 Å². The van der Waals surface area contributed by atoms with E-state index in [4.69, 9.17) is 14.7 Å². The normalized spacial score (nSPS) is 20.3.